The third-order valence-corrected chi connectivity index (χ3v) is 5.73. The highest BCUT2D eigenvalue weighted by Gasteiger charge is 2.16. The number of benzene rings is 3. The molecule has 0 unspecified atom stereocenters. The summed E-state index contributed by atoms with van der Waals surface area (Å²) in [5, 5.41) is 1.77. The highest BCUT2D eigenvalue weighted by Crippen LogP contribution is 2.39. The number of halogens is 4. The van der Waals surface area contributed by atoms with Crippen molar-refractivity contribution in [2.45, 2.75) is 13.3 Å². The minimum Gasteiger partial charge on any atom is -0.495 e. The molecule has 0 atom stereocenters. The van der Waals surface area contributed by atoms with E-state index in [2.05, 4.69) is 4.98 Å². The molecule has 0 aliphatic carbocycles. The average molecular weight is 444 g/mol. The van der Waals surface area contributed by atoms with Crippen LogP contribution in [0, 0.1) is 6.92 Å². The molecule has 6 heteroatoms. The van der Waals surface area contributed by atoms with Crippen LogP contribution in [0.1, 0.15) is 17.7 Å². The molecule has 0 spiro atoms. The second-order valence-corrected chi connectivity index (χ2v) is 7.68. The summed E-state index contributed by atoms with van der Waals surface area (Å²) in [7, 11) is 1.55. The Morgan fingerprint density at radius 1 is 0.867 bits per heavy atom. The summed E-state index contributed by atoms with van der Waals surface area (Å²) in [5.41, 5.74) is 5.02. The number of fused-ring (bicyclic) bond motifs is 1. The van der Waals surface area contributed by atoms with E-state index >= 15 is 0 Å². The van der Waals surface area contributed by atoms with Crippen molar-refractivity contribution in [3.05, 3.63) is 82.0 Å². The Bertz CT molecular complexity index is 1220. The van der Waals surface area contributed by atoms with Crippen LogP contribution < -0.4 is 4.74 Å². The Morgan fingerprint density at radius 2 is 1.43 bits per heavy atom. The number of nitrogens with zero attached hydrogens (tertiary/aromatic N) is 1. The number of rotatable bonds is 4. The first kappa shape index (κ1) is 20.6. The Hall–Kier alpha value is -2.69. The van der Waals surface area contributed by atoms with Crippen LogP contribution in [-0.4, -0.2) is 12.1 Å². The summed E-state index contributed by atoms with van der Waals surface area (Å²) in [6.45, 7) is 1.90. The predicted octanol–water partition coefficient (Wildman–Crippen LogP) is 8.13. The fourth-order valence-electron chi connectivity index (χ4n) is 3.48. The lowest BCUT2D eigenvalue weighted by molar-refractivity contribution is 0.151. The molecule has 4 aromatic rings. The maximum Gasteiger partial charge on any atom is 0.263 e. The van der Waals surface area contributed by atoms with Crippen molar-refractivity contribution in [2.24, 2.45) is 0 Å². The van der Waals surface area contributed by atoms with Crippen molar-refractivity contribution in [1.29, 1.82) is 0 Å². The zero-order valence-corrected chi connectivity index (χ0v) is 17.7. The summed E-state index contributed by atoms with van der Waals surface area (Å²) in [4.78, 5) is 4.68. The van der Waals surface area contributed by atoms with Crippen LogP contribution in [0.15, 0.2) is 60.7 Å². The maximum absolute atomic E-state index is 12.8. The molecule has 0 saturated heterocycles. The topological polar surface area (TPSA) is 22.1 Å². The van der Waals surface area contributed by atoms with Crippen LogP contribution in [0.2, 0.25) is 10.0 Å². The molecule has 3 aromatic carbocycles. The van der Waals surface area contributed by atoms with E-state index in [1.165, 1.54) is 12.1 Å². The number of hydrogen-bond acceptors (Lipinski definition) is 2. The van der Waals surface area contributed by atoms with Gasteiger partial charge >= 0.3 is 0 Å². The lowest BCUT2D eigenvalue weighted by atomic mass is 9.98. The molecule has 30 heavy (non-hydrogen) atoms. The van der Waals surface area contributed by atoms with Crippen LogP contribution in [0.5, 0.6) is 5.75 Å². The number of aromatic nitrogens is 1. The highest BCUT2D eigenvalue weighted by molar-refractivity contribution is 6.39. The molecule has 4 rings (SSSR count). The molecular weight excluding hydrogens is 427 g/mol. The van der Waals surface area contributed by atoms with E-state index in [0.717, 1.165) is 33.3 Å². The Balaban J connectivity index is 1.75. The summed E-state index contributed by atoms with van der Waals surface area (Å²) in [6, 6.07) is 17.6. The Kier molecular flexibility index (Phi) is 5.63. The van der Waals surface area contributed by atoms with E-state index in [9.17, 15) is 8.78 Å². The third-order valence-electron chi connectivity index (χ3n) is 5.05. The minimum absolute atomic E-state index is 0.00954. The first-order chi connectivity index (χ1) is 14.4. The molecule has 0 fully saturated rings. The summed E-state index contributed by atoms with van der Waals surface area (Å²) < 4.78 is 30.8. The van der Waals surface area contributed by atoms with Crippen LogP contribution in [0.25, 0.3) is 33.2 Å². The smallest absolute Gasteiger partial charge is 0.263 e. The molecule has 0 saturated carbocycles. The molecule has 0 amide bonds. The molecule has 0 aliphatic rings. The van der Waals surface area contributed by atoms with Crippen molar-refractivity contribution in [3.63, 3.8) is 0 Å². The van der Waals surface area contributed by atoms with Gasteiger partial charge in [0.05, 0.1) is 22.7 Å². The molecular formula is C24H17Cl2F2NO. The maximum atomic E-state index is 12.8. The lowest BCUT2D eigenvalue weighted by Crippen LogP contribution is -1.94. The molecule has 0 bridgehead atoms. The third kappa shape index (κ3) is 3.73. The van der Waals surface area contributed by atoms with E-state index in [-0.39, 0.29) is 5.56 Å². The van der Waals surface area contributed by atoms with Gasteiger partial charge in [-0.15, -0.1) is 0 Å². The fourth-order valence-corrected chi connectivity index (χ4v) is 4.12. The van der Waals surface area contributed by atoms with Gasteiger partial charge in [0.15, 0.2) is 0 Å². The van der Waals surface area contributed by atoms with E-state index in [1.54, 1.807) is 31.4 Å². The number of methoxy groups -OCH3 is 1. The van der Waals surface area contributed by atoms with Gasteiger partial charge in [-0.2, -0.15) is 0 Å². The first-order valence-electron chi connectivity index (χ1n) is 9.21. The van der Waals surface area contributed by atoms with Gasteiger partial charge in [-0.05, 0) is 29.7 Å². The summed E-state index contributed by atoms with van der Waals surface area (Å²) >= 11 is 13.0. The molecule has 1 heterocycles. The molecule has 152 valence electrons. The van der Waals surface area contributed by atoms with Crippen LogP contribution in [0.3, 0.4) is 0 Å². The van der Waals surface area contributed by atoms with Crippen LogP contribution >= 0.6 is 23.2 Å². The number of pyridine rings is 1. The number of alkyl halides is 2. The van der Waals surface area contributed by atoms with E-state index in [0.29, 0.717) is 21.3 Å². The van der Waals surface area contributed by atoms with Gasteiger partial charge < -0.3 is 4.74 Å². The van der Waals surface area contributed by atoms with Crippen molar-refractivity contribution >= 4 is 34.1 Å². The second kappa shape index (κ2) is 8.21. The van der Waals surface area contributed by atoms with Gasteiger partial charge in [0.25, 0.3) is 6.43 Å². The van der Waals surface area contributed by atoms with E-state index < -0.39 is 6.43 Å². The van der Waals surface area contributed by atoms with Crippen molar-refractivity contribution in [1.82, 2.24) is 4.98 Å². The van der Waals surface area contributed by atoms with Crippen LogP contribution in [0.4, 0.5) is 8.78 Å². The Labute approximate surface area is 183 Å². The van der Waals surface area contributed by atoms with Gasteiger partial charge in [-0.1, -0.05) is 71.7 Å². The lowest BCUT2D eigenvalue weighted by Gasteiger charge is -2.13. The molecule has 0 radical (unpaired) electrons. The minimum atomic E-state index is -2.47. The molecule has 0 N–H and O–H groups in total. The van der Waals surface area contributed by atoms with E-state index in [1.807, 2.05) is 31.2 Å². The number of hydrogen-bond donors (Lipinski definition) is 0. The number of aryl methyl sites for hydroxylation is 1. The Morgan fingerprint density at radius 3 is 2.00 bits per heavy atom. The quantitative estimate of drug-likeness (QED) is 0.317. The van der Waals surface area contributed by atoms with Gasteiger partial charge in [-0.3, -0.25) is 4.98 Å². The summed E-state index contributed by atoms with van der Waals surface area (Å²) in [5.74, 6) is 0.544. The SMILES string of the molecule is COc1cc2nc(C)c(-c3ccc(-c4ccc(C(F)F)cc4)cc3)c(Cl)c2cc1Cl. The first-order valence-corrected chi connectivity index (χ1v) is 9.97. The standard InChI is InChI=1S/C24H17Cl2F2NO/c1-13-22(23(26)18-11-19(25)21(30-2)12-20(18)29-13)16-7-3-14(4-8-16)15-5-9-17(10-6-15)24(27)28/h3-12,24H,1-2H3. The van der Waals surface area contributed by atoms with Crippen molar-refractivity contribution in [3.8, 4) is 28.0 Å². The van der Waals surface area contributed by atoms with E-state index in [4.69, 9.17) is 27.9 Å². The average Bonchev–Trinajstić information content (AvgIpc) is 2.74. The largest absolute Gasteiger partial charge is 0.495 e. The second-order valence-electron chi connectivity index (χ2n) is 6.89. The predicted molar refractivity (Wildman–Crippen MR) is 119 cm³/mol. The zero-order chi connectivity index (χ0) is 21.4. The highest BCUT2D eigenvalue weighted by atomic mass is 35.5. The number of ether oxygens (including phenoxy) is 1. The zero-order valence-electron chi connectivity index (χ0n) is 16.2. The molecule has 1 aromatic heterocycles. The fraction of sp³-hybridized carbons (Fsp3) is 0.125. The monoisotopic (exact) mass is 443 g/mol. The van der Waals surface area contributed by atoms with Crippen molar-refractivity contribution < 1.29 is 13.5 Å². The molecule has 0 aliphatic heterocycles. The van der Waals surface area contributed by atoms with Gasteiger partial charge in [0.2, 0.25) is 0 Å². The van der Waals surface area contributed by atoms with Gasteiger partial charge in [0, 0.05) is 28.3 Å². The molecule has 2 nitrogen and oxygen atoms in total. The summed E-state index contributed by atoms with van der Waals surface area (Å²) in [6.07, 6.45) is -2.47. The van der Waals surface area contributed by atoms with Gasteiger partial charge in [0.1, 0.15) is 5.75 Å². The van der Waals surface area contributed by atoms with Crippen molar-refractivity contribution in [2.75, 3.05) is 7.11 Å². The van der Waals surface area contributed by atoms with Gasteiger partial charge in [-0.25, -0.2) is 8.78 Å². The normalized spacial score (nSPS) is 11.3. The van der Waals surface area contributed by atoms with Crippen LogP contribution in [-0.2, 0) is 0 Å².